The molecule has 3 nitrogen and oxygen atoms in total. The highest BCUT2D eigenvalue weighted by Gasteiger charge is 2.14. The molecule has 82 valence electrons. The summed E-state index contributed by atoms with van der Waals surface area (Å²) in [5.41, 5.74) is 1.13. The van der Waals surface area contributed by atoms with E-state index in [1.807, 2.05) is 43.0 Å². The average molecular weight is 223 g/mol. The fraction of sp³-hybridized carbons (Fsp3) is 0.545. The minimum Gasteiger partial charge on any atom is -0.380 e. The van der Waals surface area contributed by atoms with Crippen LogP contribution in [-0.4, -0.2) is 36.6 Å². The number of hydrogen-bond donors (Lipinski definition) is 1. The topological polar surface area (TPSA) is 28.2 Å². The number of rotatable bonds is 3. The van der Waals surface area contributed by atoms with Crippen LogP contribution in [0.5, 0.6) is 0 Å². The first-order valence-electron chi connectivity index (χ1n) is 5.23. The van der Waals surface area contributed by atoms with Crippen molar-refractivity contribution < 1.29 is 0 Å². The van der Waals surface area contributed by atoms with Crippen LogP contribution in [-0.2, 0) is 0 Å². The molecule has 15 heavy (non-hydrogen) atoms. The van der Waals surface area contributed by atoms with Gasteiger partial charge in [0.2, 0.25) is 0 Å². The summed E-state index contributed by atoms with van der Waals surface area (Å²) >= 11 is 2.02. The highest BCUT2D eigenvalue weighted by Crippen LogP contribution is 2.21. The maximum absolute atomic E-state index is 4.38. The molecule has 1 aromatic heterocycles. The molecular weight excluding hydrogens is 206 g/mol. The molecule has 1 N–H and O–H groups in total. The Bertz CT molecular complexity index is 304. The molecule has 1 saturated heterocycles. The summed E-state index contributed by atoms with van der Waals surface area (Å²) in [6.45, 7) is 0. The van der Waals surface area contributed by atoms with Gasteiger partial charge >= 0.3 is 0 Å². The first-order valence-corrected chi connectivity index (χ1v) is 6.39. The third-order valence-corrected chi connectivity index (χ3v) is 3.67. The number of aromatic nitrogens is 1. The van der Waals surface area contributed by atoms with E-state index in [-0.39, 0.29) is 0 Å². The van der Waals surface area contributed by atoms with Crippen molar-refractivity contribution in [3.63, 3.8) is 0 Å². The predicted octanol–water partition coefficient (Wildman–Crippen LogP) is 2.06. The zero-order valence-corrected chi connectivity index (χ0v) is 10.0. The van der Waals surface area contributed by atoms with Crippen molar-refractivity contribution in [2.24, 2.45) is 0 Å². The van der Waals surface area contributed by atoms with Crippen molar-refractivity contribution in [3.05, 3.63) is 18.3 Å². The number of anilines is 2. The van der Waals surface area contributed by atoms with Gasteiger partial charge in [0, 0.05) is 25.9 Å². The van der Waals surface area contributed by atoms with Gasteiger partial charge in [0.15, 0.2) is 0 Å². The predicted molar refractivity (Wildman–Crippen MR) is 67.9 cm³/mol. The molecule has 0 radical (unpaired) electrons. The van der Waals surface area contributed by atoms with Crippen molar-refractivity contribution >= 4 is 23.3 Å². The van der Waals surface area contributed by atoms with Crippen LogP contribution in [0.25, 0.3) is 0 Å². The average Bonchev–Trinajstić information content (AvgIpc) is 2.71. The Morgan fingerprint density at radius 3 is 2.87 bits per heavy atom. The van der Waals surface area contributed by atoms with Gasteiger partial charge in [-0.3, -0.25) is 0 Å². The lowest BCUT2D eigenvalue weighted by Gasteiger charge is -2.14. The molecule has 1 atom stereocenters. The van der Waals surface area contributed by atoms with Crippen LogP contribution in [0.15, 0.2) is 18.3 Å². The normalized spacial score (nSPS) is 20.3. The Morgan fingerprint density at radius 2 is 2.33 bits per heavy atom. The number of nitrogens with one attached hydrogen (secondary N) is 1. The van der Waals surface area contributed by atoms with E-state index in [9.17, 15) is 0 Å². The summed E-state index contributed by atoms with van der Waals surface area (Å²) in [5.74, 6) is 3.50. The molecule has 0 spiro atoms. The van der Waals surface area contributed by atoms with Crippen LogP contribution in [0, 0.1) is 0 Å². The van der Waals surface area contributed by atoms with Gasteiger partial charge in [0.05, 0.1) is 11.9 Å². The molecular formula is C11H17N3S. The number of pyridine rings is 1. The van der Waals surface area contributed by atoms with Crippen molar-refractivity contribution in [2.75, 3.05) is 35.8 Å². The second-order valence-electron chi connectivity index (χ2n) is 4.00. The van der Waals surface area contributed by atoms with Crippen LogP contribution in [0.4, 0.5) is 11.5 Å². The molecule has 1 fully saturated rings. The van der Waals surface area contributed by atoms with Gasteiger partial charge in [-0.2, -0.15) is 11.8 Å². The van der Waals surface area contributed by atoms with Crippen LogP contribution in [0.1, 0.15) is 6.42 Å². The van der Waals surface area contributed by atoms with E-state index >= 15 is 0 Å². The van der Waals surface area contributed by atoms with E-state index in [1.54, 1.807) is 0 Å². The zero-order chi connectivity index (χ0) is 10.7. The van der Waals surface area contributed by atoms with Gasteiger partial charge in [-0.15, -0.1) is 0 Å². The largest absolute Gasteiger partial charge is 0.380 e. The Morgan fingerprint density at radius 1 is 1.47 bits per heavy atom. The van der Waals surface area contributed by atoms with Gasteiger partial charge in [-0.25, -0.2) is 4.98 Å². The fourth-order valence-corrected chi connectivity index (χ4v) is 2.77. The maximum Gasteiger partial charge on any atom is 0.128 e. The van der Waals surface area contributed by atoms with Crippen molar-refractivity contribution in [2.45, 2.75) is 12.5 Å². The van der Waals surface area contributed by atoms with E-state index in [4.69, 9.17) is 0 Å². The summed E-state index contributed by atoms with van der Waals surface area (Å²) in [7, 11) is 4.01. The molecule has 4 heteroatoms. The number of hydrogen-bond acceptors (Lipinski definition) is 4. The Balaban J connectivity index is 1.97. The SMILES string of the molecule is CN(C)c1ccc(NC2CCSC2)cn1. The standard InChI is InChI=1S/C11H17N3S/c1-14(2)11-4-3-9(7-12-11)13-10-5-6-15-8-10/h3-4,7,10,13H,5-6,8H2,1-2H3. The van der Waals surface area contributed by atoms with Gasteiger partial charge in [0.1, 0.15) is 5.82 Å². The first kappa shape index (κ1) is 10.6. The third-order valence-electron chi connectivity index (χ3n) is 2.51. The molecule has 1 aliphatic rings. The van der Waals surface area contributed by atoms with Crippen molar-refractivity contribution in [1.82, 2.24) is 4.98 Å². The third kappa shape index (κ3) is 2.78. The minimum atomic E-state index is 0.627. The Kier molecular flexibility index (Phi) is 3.36. The molecule has 0 aromatic carbocycles. The Labute approximate surface area is 95.3 Å². The monoisotopic (exact) mass is 223 g/mol. The van der Waals surface area contributed by atoms with E-state index in [0.29, 0.717) is 6.04 Å². The van der Waals surface area contributed by atoms with E-state index in [1.165, 1.54) is 17.9 Å². The molecule has 1 aromatic rings. The number of thioether (sulfide) groups is 1. The second-order valence-corrected chi connectivity index (χ2v) is 5.15. The van der Waals surface area contributed by atoms with Crippen LogP contribution < -0.4 is 10.2 Å². The molecule has 1 aliphatic heterocycles. The lowest BCUT2D eigenvalue weighted by atomic mass is 10.2. The lowest BCUT2D eigenvalue weighted by molar-refractivity contribution is 0.812. The fourth-order valence-electron chi connectivity index (χ4n) is 1.62. The highest BCUT2D eigenvalue weighted by atomic mass is 32.2. The van der Waals surface area contributed by atoms with Crippen LogP contribution in [0.3, 0.4) is 0 Å². The van der Waals surface area contributed by atoms with Crippen LogP contribution >= 0.6 is 11.8 Å². The summed E-state index contributed by atoms with van der Waals surface area (Å²) in [6.07, 6.45) is 3.18. The van der Waals surface area contributed by atoms with Gasteiger partial charge < -0.3 is 10.2 Å². The first-order chi connectivity index (χ1) is 7.25. The van der Waals surface area contributed by atoms with Crippen molar-refractivity contribution in [3.8, 4) is 0 Å². The second kappa shape index (κ2) is 4.75. The quantitative estimate of drug-likeness (QED) is 0.849. The molecule has 0 amide bonds. The lowest BCUT2D eigenvalue weighted by Crippen LogP contribution is -2.18. The van der Waals surface area contributed by atoms with Gasteiger partial charge in [-0.1, -0.05) is 0 Å². The molecule has 0 saturated carbocycles. The zero-order valence-electron chi connectivity index (χ0n) is 9.23. The molecule has 1 unspecified atom stereocenters. The summed E-state index contributed by atoms with van der Waals surface area (Å²) in [4.78, 5) is 6.39. The van der Waals surface area contributed by atoms with Crippen molar-refractivity contribution in [1.29, 1.82) is 0 Å². The highest BCUT2D eigenvalue weighted by molar-refractivity contribution is 7.99. The minimum absolute atomic E-state index is 0.627. The molecule has 2 heterocycles. The van der Waals surface area contributed by atoms with Crippen LogP contribution in [0.2, 0.25) is 0 Å². The maximum atomic E-state index is 4.38. The number of nitrogens with zero attached hydrogens (tertiary/aromatic N) is 2. The van der Waals surface area contributed by atoms with Gasteiger partial charge in [-0.05, 0) is 24.3 Å². The molecule has 0 aliphatic carbocycles. The Hall–Kier alpha value is -0.900. The molecule has 0 bridgehead atoms. The van der Waals surface area contributed by atoms with E-state index in [0.717, 1.165) is 11.5 Å². The summed E-state index contributed by atoms with van der Waals surface area (Å²) in [5, 5.41) is 3.51. The van der Waals surface area contributed by atoms with Gasteiger partial charge in [0.25, 0.3) is 0 Å². The summed E-state index contributed by atoms with van der Waals surface area (Å²) in [6, 6.07) is 4.78. The van der Waals surface area contributed by atoms with E-state index in [2.05, 4.69) is 16.4 Å². The van der Waals surface area contributed by atoms with E-state index < -0.39 is 0 Å². The smallest absolute Gasteiger partial charge is 0.128 e. The molecule has 2 rings (SSSR count). The summed E-state index contributed by atoms with van der Waals surface area (Å²) < 4.78 is 0.